The fourth-order valence-corrected chi connectivity index (χ4v) is 2.53. The summed E-state index contributed by atoms with van der Waals surface area (Å²) in [6.45, 7) is 4.36. The minimum atomic E-state index is -0.427. The fraction of sp³-hybridized carbons (Fsp3) is 0.500. The molecule has 0 bridgehead atoms. The third kappa shape index (κ3) is 4.08. The Morgan fingerprint density at radius 2 is 2.18 bits per heavy atom. The third-order valence-electron chi connectivity index (χ3n) is 3.68. The highest BCUT2D eigenvalue weighted by Gasteiger charge is 2.25. The molecule has 0 aliphatic carbocycles. The van der Waals surface area contributed by atoms with E-state index in [0.29, 0.717) is 12.2 Å². The molecule has 1 saturated heterocycles. The summed E-state index contributed by atoms with van der Waals surface area (Å²) in [5, 5.41) is 14.3. The molecule has 122 valence electrons. The SMILES string of the molecule is CC1CNCCN1C(=O)CN(C)c1ccccc1[N+](=O)[O-].Cl. The van der Waals surface area contributed by atoms with Gasteiger partial charge < -0.3 is 15.1 Å². The lowest BCUT2D eigenvalue weighted by Crippen LogP contribution is -2.54. The van der Waals surface area contributed by atoms with Crippen molar-refractivity contribution >= 4 is 29.7 Å². The molecule has 8 heteroatoms. The van der Waals surface area contributed by atoms with Crippen molar-refractivity contribution in [3.05, 3.63) is 34.4 Å². The van der Waals surface area contributed by atoms with E-state index in [0.717, 1.165) is 13.1 Å². The lowest BCUT2D eigenvalue weighted by molar-refractivity contribution is -0.384. The van der Waals surface area contributed by atoms with E-state index in [1.54, 1.807) is 30.1 Å². The maximum Gasteiger partial charge on any atom is 0.292 e. The number of nitrogens with one attached hydrogen (secondary N) is 1. The predicted molar refractivity (Wildman–Crippen MR) is 87.7 cm³/mol. The number of anilines is 1. The Kier molecular flexibility index (Phi) is 6.58. The lowest BCUT2D eigenvalue weighted by Gasteiger charge is -2.35. The van der Waals surface area contributed by atoms with Crippen molar-refractivity contribution in [2.24, 2.45) is 0 Å². The number of hydrogen-bond acceptors (Lipinski definition) is 5. The van der Waals surface area contributed by atoms with Crippen molar-refractivity contribution in [3.8, 4) is 0 Å². The minimum absolute atomic E-state index is 0. The number of carbonyl (C=O) groups is 1. The van der Waals surface area contributed by atoms with Crippen LogP contribution >= 0.6 is 12.4 Å². The van der Waals surface area contributed by atoms with Gasteiger partial charge in [0.1, 0.15) is 5.69 Å². The molecule has 1 amide bonds. The van der Waals surface area contributed by atoms with Crippen LogP contribution < -0.4 is 10.2 Å². The van der Waals surface area contributed by atoms with Gasteiger partial charge in [0.25, 0.3) is 5.69 Å². The number of amides is 1. The first kappa shape index (κ1) is 18.2. The molecule has 22 heavy (non-hydrogen) atoms. The number of likely N-dealkylation sites (N-methyl/N-ethyl adjacent to an activating group) is 1. The molecule has 1 fully saturated rings. The molecule has 0 aromatic heterocycles. The van der Waals surface area contributed by atoms with Crippen LogP contribution in [0.3, 0.4) is 0 Å². The van der Waals surface area contributed by atoms with E-state index >= 15 is 0 Å². The number of piperazine rings is 1. The second-order valence-corrected chi connectivity index (χ2v) is 5.24. The third-order valence-corrected chi connectivity index (χ3v) is 3.68. The van der Waals surface area contributed by atoms with Gasteiger partial charge in [-0.05, 0) is 13.0 Å². The quantitative estimate of drug-likeness (QED) is 0.665. The van der Waals surface area contributed by atoms with E-state index in [9.17, 15) is 14.9 Å². The standard InChI is InChI=1S/C14H20N4O3.ClH/c1-11-9-15-7-8-17(11)14(19)10-16(2)12-5-3-4-6-13(12)18(20)21;/h3-6,11,15H,7-10H2,1-2H3;1H. The van der Waals surface area contributed by atoms with Crippen molar-refractivity contribution < 1.29 is 9.72 Å². The summed E-state index contributed by atoms with van der Waals surface area (Å²) in [6, 6.07) is 6.60. The topological polar surface area (TPSA) is 78.7 Å². The number of nitro groups is 1. The number of halogens is 1. The summed E-state index contributed by atoms with van der Waals surface area (Å²) in [5.74, 6) is -0.00958. The highest BCUT2D eigenvalue weighted by atomic mass is 35.5. The van der Waals surface area contributed by atoms with Crippen LogP contribution in [0.15, 0.2) is 24.3 Å². The Bertz CT molecular complexity index is 541. The number of hydrogen-bond donors (Lipinski definition) is 1. The van der Waals surface area contributed by atoms with Gasteiger partial charge in [0.05, 0.1) is 11.5 Å². The molecule has 7 nitrogen and oxygen atoms in total. The van der Waals surface area contributed by atoms with E-state index in [1.165, 1.54) is 6.07 Å². The zero-order valence-electron chi connectivity index (χ0n) is 12.7. The highest BCUT2D eigenvalue weighted by molar-refractivity contribution is 5.85. The monoisotopic (exact) mass is 328 g/mol. The second kappa shape index (κ2) is 7.95. The van der Waals surface area contributed by atoms with Gasteiger partial charge in [-0.1, -0.05) is 12.1 Å². The van der Waals surface area contributed by atoms with Gasteiger partial charge in [-0.3, -0.25) is 14.9 Å². The summed E-state index contributed by atoms with van der Waals surface area (Å²) in [4.78, 5) is 26.4. The van der Waals surface area contributed by atoms with Crippen LogP contribution in [0.4, 0.5) is 11.4 Å². The average Bonchev–Trinajstić information content (AvgIpc) is 2.47. The molecule has 1 aliphatic heterocycles. The van der Waals surface area contributed by atoms with E-state index in [-0.39, 0.29) is 36.6 Å². The largest absolute Gasteiger partial charge is 0.360 e. The van der Waals surface area contributed by atoms with Crippen LogP contribution in [0, 0.1) is 10.1 Å². The number of carbonyl (C=O) groups excluding carboxylic acids is 1. The highest BCUT2D eigenvalue weighted by Crippen LogP contribution is 2.26. The van der Waals surface area contributed by atoms with Gasteiger partial charge in [0.15, 0.2) is 0 Å². The first-order valence-corrected chi connectivity index (χ1v) is 6.95. The summed E-state index contributed by atoms with van der Waals surface area (Å²) >= 11 is 0. The van der Waals surface area contributed by atoms with E-state index in [2.05, 4.69) is 5.32 Å². The number of rotatable bonds is 4. The van der Waals surface area contributed by atoms with Crippen molar-refractivity contribution in [2.45, 2.75) is 13.0 Å². The zero-order chi connectivity index (χ0) is 15.4. The van der Waals surface area contributed by atoms with Gasteiger partial charge >= 0.3 is 0 Å². The Hall–Kier alpha value is -1.86. The zero-order valence-corrected chi connectivity index (χ0v) is 13.5. The molecule has 1 N–H and O–H groups in total. The Morgan fingerprint density at radius 3 is 2.82 bits per heavy atom. The molecule has 0 spiro atoms. The molecule has 1 unspecified atom stereocenters. The minimum Gasteiger partial charge on any atom is -0.360 e. The maximum atomic E-state index is 12.4. The van der Waals surface area contributed by atoms with Crippen molar-refractivity contribution in [1.29, 1.82) is 0 Å². The van der Waals surface area contributed by atoms with E-state index < -0.39 is 4.92 Å². The van der Waals surface area contributed by atoms with Gasteiger partial charge in [-0.2, -0.15) is 0 Å². The van der Waals surface area contributed by atoms with Crippen molar-refractivity contribution in [1.82, 2.24) is 10.2 Å². The molecule has 1 aliphatic rings. The lowest BCUT2D eigenvalue weighted by atomic mass is 10.2. The Morgan fingerprint density at radius 1 is 1.50 bits per heavy atom. The summed E-state index contributed by atoms with van der Waals surface area (Å²) in [7, 11) is 1.70. The first-order chi connectivity index (χ1) is 10.0. The van der Waals surface area contributed by atoms with Crippen molar-refractivity contribution in [2.75, 3.05) is 38.1 Å². The summed E-state index contributed by atoms with van der Waals surface area (Å²) in [6.07, 6.45) is 0. The number of nitro benzene ring substituents is 1. The first-order valence-electron chi connectivity index (χ1n) is 6.95. The van der Waals surface area contributed by atoms with Gasteiger partial charge in [0, 0.05) is 38.8 Å². The molecular weight excluding hydrogens is 308 g/mol. The van der Waals surface area contributed by atoms with Crippen LogP contribution in [0.5, 0.6) is 0 Å². The molecule has 1 aromatic carbocycles. The van der Waals surface area contributed by atoms with E-state index in [4.69, 9.17) is 0 Å². The fourth-order valence-electron chi connectivity index (χ4n) is 2.53. The Labute approximate surface area is 135 Å². The van der Waals surface area contributed by atoms with Crippen LogP contribution in [0.25, 0.3) is 0 Å². The smallest absolute Gasteiger partial charge is 0.292 e. The van der Waals surface area contributed by atoms with Gasteiger partial charge in [-0.25, -0.2) is 0 Å². The van der Waals surface area contributed by atoms with Gasteiger partial charge in [-0.15, -0.1) is 12.4 Å². The molecular formula is C14H21ClN4O3. The van der Waals surface area contributed by atoms with Crippen LogP contribution in [0.1, 0.15) is 6.92 Å². The summed E-state index contributed by atoms with van der Waals surface area (Å²) in [5.41, 5.74) is 0.472. The molecule has 2 rings (SSSR count). The number of benzene rings is 1. The molecule has 1 atom stereocenters. The molecule has 1 aromatic rings. The van der Waals surface area contributed by atoms with E-state index in [1.807, 2.05) is 11.8 Å². The van der Waals surface area contributed by atoms with Crippen LogP contribution in [-0.2, 0) is 4.79 Å². The second-order valence-electron chi connectivity index (χ2n) is 5.24. The predicted octanol–water partition coefficient (Wildman–Crippen LogP) is 1.27. The van der Waals surface area contributed by atoms with Crippen molar-refractivity contribution in [3.63, 3.8) is 0 Å². The number of nitrogens with zero attached hydrogens (tertiary/aromatic N) is 3. The normalized spacial score (nSPS) is 17.5. The van der Waals surface area contributed by atoms with Crippen LogP contribution in [-0.4, -0.2) is 55.0 Å². The van der Waals surface area contributed by atoms with Gasteiger partial charge in [0.2, 0.25) is 5.91 Å². The van der Waals surface area contributed by atoms with Crippen LogP contribution in [0.2, 0.25) is 0 Å². The maximum absolute atomic E-state index is 12.4. The summed E-state index contributed by atoms with van der Waals surface area (Å²) < 4.78 is 0. The number of para-hydroxylation sites is 2. The molecule has 1 heterocycles. The Balaban J connectivity index is 0.00000242. The average molecular weight is 329 g/mol. The molecule has 0 saturated carbocycles. The molecule has 0 radical (unpaired) electrons.